The number of hydrogen-bond donors (Lipinski definition) is 1. The largest absolute Gasteiger partial charge is 0.481 e. The van der Waals surface area contributed by atoms with Crippen LogP contribution in [-0.2, 0) is 11.3 Å². The van der Waals surface area contributed by atoms with Gasteiger partial charge in [0.05, 0.1) is 6.33 Å². The van der Waals surface area contributed by atoms with Crippen LogP contribution in [0.3, 0.4) is 0 Å². The number of hydrogen-bond acceptors (Lipinski definition) is 4. The number of nitrogens with zero attached hydrogens (tertiary/aromatic N) is 2. The molecule has 0 fully saturated rings. The molecule has 0 spiro atoms. The van der Waals surface area contributed by atoms with E-state index >= 15 is 0 Å². The van der Waals surface area contributed by atoms with E-state index in [4.69, 9.17) is 4.74 Å². The molecule has 1 unspecified atom stereocenters. The molecule has 1 aromatic heterocycles. The Morgan fingerprint density at radius 1 is 1.25 bits per heavy atom. The van der Waals surface area contributed by atoms with Crippen molar-refractivity contribution < 1.29 is 9.53 Å². The molecule has 2 aromatic rings. The van der Waals surface area contributed by atoms with Crippen LogP contribution in [-0.4, -0.2) is 28.1 Å². The molecule has 1 heterocycles. The third kappa shape index (κ3) is 4.68. The van der Waals surface area contributed by atoms with Gasteiger partial charge in [-0.2, -0.15) is 0 Å². The van der Waals surface area contributed by atoms with Crippen LogP contribution in [0.5, 0.6) is 5.75 Å². The number of nitrogens with one attached hydrogen (secondary N) is 1. The Morgan fingerprint density at radius 2 is 2.00 bits per heavy atom. The highest BCUT2D eigenvalue weighted by Crippen LogP contribution is 2.17. The third-order valence-corrected chi connectivity index (χ3v) is 3.83. The first kappa shape index (κ1) is 17.7. The average Bonchev–Trinajstić information content (AvgIpc) is 2.53. The zero-order chi connectivity index (χ0) is 17.7. The fourth-order valence-corrected chi connectivity index (χ4v) is 2.17. The second kappa shape index (κ2) is 7.77. The highest BCUT2D eigenvalue weighted by Gasteiger charge is 2.14. The molecule has 6 heteroatoms. The van der Waals surface area contributed by atoms with Crippen LogP contribution < -0.4 is 15.6 Å². The molecular weight excluding hydrogens is 306 g/mol. The molecule has 6 nitrogen and oxygen atoms in total. The number of benzene rings is 1. The lowest BCUT2D eigenvalue weighted by Crippen LogP contribution is -2.38. The quantitative estimate of drug-likeness (QED) is 0.876. The maximum atomic E-state index is 12.1. The molecule has 1 N–H and O–H groups in total. The van der Waals surface area contributed by atoms with Crippen molar-refractivity contribution in [2.75, 3.05) is 6.54 Å². The highest BCUT2D eigenvalue weighted by molar-refractivity contribution is 5.80. The van der Waals surface area contributed by atoms with E-state index in [0.717, 1.165) is 5.56 Å². The minimum Gasteiger partial charge on any atom is -0.481 e. The van der Waals surface area contributed by atoms with E-state index in [9.17, 15) is 9.59 Å². The Labute approximate surface area is 141 Å². The monoisotopic (exact) mass is 329 g/mol. The number of aromatic nitrogens is 2. The van der Waals surface area contributed by atoms with Gasteiger partial charge in [-0.15, -0.1) is 0 Å². The molecule has 0 bridgehead atoms. The lowest BCUT2D eigenvalue weighted by molar-refractivity contribution is -0.127. The molecule has 0 saturated carbocycles. The van der Waals surface area contributed by atoms with Crippen molar-refractivity contribution in [1.29, 1.82) is 0 Å². The van der Waals surface area contributed by atoms with E-state index < -0.39 is 6.10 Å². The lowest BCUT2D eigenvalue weighted by atomic mass is 10.1. The molecule has 2 rings (SSSR count). The van der Waals surface area contributed by atoms with Crippen molar-refractivity contribution >= 4 is 5.91 Å². The lowest BCUT2D eigenvalue weighted by Gasteiger charge is -2.16. The van der Waals surface area contributed by atoms with Gasteiger partial charge in [0.15, 0.2) is 6.10 Å². The summed E-state index contributed by atoms with van der Waals surface area (Å²) in [5.74, 6) is 0.445. The van der Waals surface area contributed by atoms with Gasteiger partial charge in [0.25, 0.3) is 11.5 Å². The summed E-state index contributed by atoms with van der Waals surface area (Å²) < 4.78 is 7.12. The topological polar surface area (TPSA) is 73.2 Å². The summed E-state index contributed by atoms with van der Waals surface area (Å²) in [5.41, 5.74) is 2.84. The van der Waals surface area contributed by atoms with Crippen molar-refractivity contribution in [2.24, 2.45) is 0 Å². The van der Waals surface area contributed by atoms with Crippen molar-refractivity contribution in [3.8, 4) is 5.75 Å². The van der Waals surface area contributed by atoms with Crippen LogP contribution in [0.15, 0.2) is 35.4 Å². The summed E-state index contributed by atoms with van der Waals surface area (Å²) in [6, 6.07) is 7.19. The highest BCUT2D eigenvalue weighted by atomic mass is 16.5. The van der Waals surface area contributed by atoms with Crippen molar-refractivity contribution in [3.05, 3.63) is 57.8 Å². The number of ether oxygens (including phenoxy) is 1. The van der Waals surface area contributed by atoms with E-state index in [1.807, 2.05) is 32.0 Å². The minimum atomic E-state index is -0.611. The van der Waals surface area contributed by atoms with Gasteiger partial charge in [0, 0.05) is 24.8 Å². The van der Waals surface area contributed by atoms with Crippen LogP contribution in [0, 0.1) is 20.8 Å². The summed E-state index contributed by atoms with van der Waals surface area (Å²) in [4.78, 5) is 27.9. The predicted octanol–water partition coefficient (Wildman–Crippen LogP) is 1.75. The Kier molecular flexibility index (Phi) is 5.73. The summed E-state index contributed by atoms with van der Waals surface area (Å²) in [6.07, 6.45) is 0.874. The van der Waals surface area contributed by atoms with Gasteiger partial charge >= 0.3 is 0 Å². The minimum absolute atomic E-state index is 0.129. The van der Waals surface area contributed by atoms with Gasteiger partial charge in [-0.05, 0) is 51.0 Å². The maximum Gasteiger partial charge on any atom is 0.260 e. The van der Waals surface area contributed by atoms with Crippen LogP contribution >= 0.6 is 0 Å². The van der Waals surface area contributed by atoms with Gasteiger partial charge < -0.3 is 10.1 Å². The Hall–Kier alpha value is -2.63. The molecule has 1 aromatic carbocycles. The summed E-state index contributed by atoms with van der Waals surface area (Å²) >= 11 is 0. The van der Waals surface area contributed by atoms with E-state index in [1.165, 1.54) is 22.5 Å². The van der Waals surface area contributed by atoms with Crippen LogP contribution in [0.4, 0.5) is 0 Å². The van der Waals surface area contributed by atoms with E-state index in [0.29, 0.717) is 24.5 Å². The normalized spacial score (nSPS) is 11.8. The summed E-state index contributed by atoms with van der Waals surface area (Å²) in [7, 11) is 0. The number of rotatable bonds is 6. The number of carbonyl (C=O) groups excluding carboxylic acids is 1. The molecule has 0 aliphatic heterocycles. The number of aryl methyl sites for hydroxylation is 3. The first-order valence-corrected chi connectivity index (χ1v) is 7.91. The Balaban J connectivity index is 1.85. The van der Waals surface area contributed by atoms with E-state index in [-0.39, 0.29) is 11.5 Å². The molecule has 0 radical (unpaired) electrons. The molecule has 1 amide bonds. The fourth-order valence-electron chi connectivity index (χ4n) is 2.17. The van der Waals surface area contributed by atoms with E-state index in [1.54, 1.807) is 13.8 Å². The first-order valence-electron chi connectivity index (χ1n) is 7.91. The van der Waals surface area contributed by atoms with Gasteiger partial charge in [-0.25, -0.2) is 4.98 Å². The van der Waals surface area contributed by atoms with Gasteiger partial charge in [-0.1, -0.05) is 6.07 Å². The van der Waals surface area contributed by atoms with Crippen LogP contribution in [0.1, 0.15) is 23.7 Å². The van der Waals surface area contributed by atoms with Crippen molar-refractivity contribution in [2.45, 2.75) is 40.3 Å². The average molecular weight is 329 g/mol. The predicted molar refractivity (Wildman–Crippen MR) is 92.2 cm³/mol. The molecule has 1 atom stereocenters. The van der Waals surface area contributed by atoms with E-state index in [2.05, 4.69) is 10.3 Å². The second-order valence-electron chi connectivity index (χ2n) is 5.86. The molecule has 128 valence electrons. The number of carbonyl (C=O) groups is 1. The van der Waals surface area contributed by atoms with Gasteiger partial charge in [0.1, 0.15) is 5.75 Å². The fraction of sp³-hybridized carbons (Fsp3) is 0.389. The van der Waals surface area contributed by atoms with Crippen molar-refractivity contribution in [3.63, 3.8) is 0 Å². The maximum absolute atomic E-state index is 12.1. The Bertz CT molecular complexity index is 783. The SMILES string of the molecule is Cc1cc(=O)n(CCNC(=O)C(C)Oc2ccc(C)c(C)c2)cn1. The van der Waals surface area contributed by atoms with Crippen LogP contribution in [0.25, 0.3) is 0 Å². The van der Waals surface area contributed by atoms with Crippen molar-refractivity contribution in [1.82, 2.24) is 14.9 Å². The molecule has 0 aliphatic rings. The van der Waals surface area contributed by atoms with Gasteiger partial charge in [-0.3, -0.25) is 14.2 Å². The Morgan fingerprint density at radius 3 is 2.67 bits per heavy atom. The second-order valence-corrected chi connectivity index (χ2v) is 5.86. The standard InChI is InChI=1S/C18H23N3O3/c1-12-5-6-16(9-13(12)2)24-15(4)18(23)19-7-8-21-11-20-14(3)10-17(21)22/h5-6,9-11,15H,7-8H2,1-4H3,(H,19,23). The van der Waals surface area contributed by atoms with Crippen LogP contribution in [0.2, 0.25) is 0 Å². The summed E-state index contributed by atoms with van der Waals surface area (Å²) in [5, 5.41) is 2.77. The molecule has 0 saturated heterocycles. The molecule has 24 heavy (non-hydrogen) atoms. The molecule has 0 aliphatic carbocycles. The molecular formula is C18H23N3O3. The third-order valence-electron chi connectivity index (χ3n) is 3.83. The first-order chi connectivity index (χ1) is 11.4. The zero-order valence-corrected chi connectivity index (χ0v) is 14.5. The summed E-state index contributed by atoms with van der Waals surface area (Å²) in [6.45, 7) is 8.19. The van der Waals surface area contributed by atoms with Gasteiger partial charge in [0.2, 0.25) is 0 Å². The smallest absolute Gasteiger partial charge is 0.260 e. The zero-order valence-electron chi connectivity index (χ0n) is 14.5. The number of amides is 1.